The standard InChI is InChI=1S/C12H13N3OS/c1-9-3-2-5-15-11(9)8-17(16)12-4-6-14-7-10(12)13/h2-7H,8,13H2,1H3. The fraction of sp³-hybridized carbons (Fsp3) is 0.167. The summed E-state index contributed by atoms with van der Waals surface area (Å²) in [5, 5.41) is 0. The molecule has 0 bridgehead atoms. The average Bonchev–Trinajstić information content (AvgIpc) is 2.32. The quantitative estimate of drug-likeness (QED) is 0.895. The van der Waals surface area contributed by atoms with Crippen molar-refractivity contribution < 1.29 is 4.21 Å². The normalized spacial score (nSPS) is 12.3. The predicted octanol–water partition coefficient (Wildman–Crippen LogP) is 1.68. The maximum Gasteiger partial charge on any atom is 0.0709 e. The molecule has 4 nitrogen and oxygen atoms in total. The number of nitrogens with two attached hydrogens (primary N) is 1. The Morgan fingerprint density at radius 1 is 1.35 bits per heavy atom. The van der Waals surface area contributed by atoms with E-state index < -0.39 is 10.8 Å². The lowest BCUT2D eigenvalue weighted by molar-refractivity contribution is 0.682. The van der Waals surface area contributed by atoms with E-state index in [0.717, 1.165) is 11.3 Å². The van der Waals surface area contributed by atoms with E-state index in [1.807, 2.05) is 19.1 Å². The highest BCUT2D eigenvalue weighted by Crippen LogP contribution is 2.17. The fourth-order valence-corrected chi connectivity index (χ4v) is 2.71. The third-order valence-corrected chi connectivity index (χ3v) is 3.84. The molecule has 2 rings (SSSR count). The molecule has 0 aliphatic rings. The number of aromatic nitrogens is 2. The van der Waals surface area contributed by atoms with E-state index in [4.69, 9.17) is 5.73 Å². The van der Waals surface area contributed by atoms with Crippen molar-refractivity contribution in [3.63, 3.8) is 0 Å². The van der Waals surface area contributed by atoms with E-state index in [0.29, 0.717) is 16.3 Å². The molecule has 0 amide bonds. The molecule has 2 aromatic rings. The summed E-state index contributed by atoms with van der Waals surface area (Å²) in [4.78, 5) is 8.72. The molecule has 0 aliphatic carbocycles. The summed E-state index contributed by atoms with van der Waals surface area (Å²) in [6, 6.07) is 5.50. The molecule has 0 aliphatic heterocycles. The zero-order valence-electron chi connectivity index (χ0n) is 9.46. The second kappa shape index (κ2) is 5.05. The van der Waals surface area contributed by atoms with Gasteiger partial charge in [0, 0.05) is 12.4 Å². The minimum absolute atomic E-state index is 0.376. The number of pyridine rings is 2. The summed E-state index contributed by atoms with van der Waals surface area (Å²) in [6.07, 6.45) is 4.81. The van der Waals surface area contributed by atoms with Crippen LogP contribution in [0.15, 0.2) is 41.7 Å². The van der Waals surface area contributed by atoms with Crippen LogP contribution in [-0.2, 0) is 16.6 Å². The van der Waals surface area contributed by atoms with Crippen molar-refractivity contribution >= 4 is 16.5 Å². The molecule has 2 heterocycles. The maximum atomic E-state index is 12.2. The van der Waals surface area contributed by atoms with Crippen LogP contribution in [-0.4, -0.2) is 14.2 Å². The summed E-state index contributed by atoms with van der Waals surface area (Å²) in [7, 11) is -1.18. The van der Waals surface area contributed by atoms with Crippen LogP contribution in [0.2, 0.25) is 0 Å². The molecular weight excluding hydrogens is 234 g/mol. The Morgan fingerprint density at radius 3 is 2.88 bits per heavy atom. The second-order valence-corrected chi connectivity index (χ2v) is 5.09. The zero-order chi connectivity index (χ0) is 12.3. The predicted molar refractivity (Wildman–Crippen MR) is 67.7 cm³/mol. The van der Waals surface area contributed by atoms with Gasteiger partial charge in [-0.3, -0.25) is 14.2 Å². The molecule has 0 saturated carbocycles. The lowest BCUT2D eigenvalue weighted by Crippen LogP contribution is -2.03. The molecule has 2 N–H and O–H groups in total. The molecule has 88 valence electrons. The Hall–Kier alpha value is -1.75. The van der Waals surface area contributed by atoms with Crippen LogP contribution in [0, 0.1) is 6.92 Å². The smallest absolute Gasteiger partial charge is 0.0709 e. The Bertz CT molecular complexity index is 557. The summed E-state index contributed by atoms with van der Waals surface area (Å²) in [5.74, 6) is 0.376. The first-order valence-corrected chi connectivity index (χ1v) is 6.48. The van der Waals surface area contributed by atoms with Gasteiger partial charge in [0.05, 0.1) is 39.0 Å². The van der Waals surface area contributed by atoms with Crippen molar-refractivity contribution in [3.05, 3.63) is 48.0 Å². The van der Waals surface area contributed by atoms with Gasteiger partial charge < -0.3 is 5.73 Å². The summed E-state index contributed by atoms with van der Waals surface area (Å²) in [6.45, 7) is 1.95. The topological polar surface area (TPSA) is 68.9 Å². The molecule has 0 fully saturated rings. The molecule has 0 radical (unpaired) electrons. The van der Waals surface area contributed by atoms with Gasteiger partial charge in [0.2, 0.25) is 0 Å². The van der Waals surface area contributed by atoms with Crippen molar-refractivity contribution in [3.8, 4) is 0 Å². The first-order chi connectivity index (χ1) is 8.18. The fourth-order valence-electron chi connectivity index (χ4n) is 1.47. The molecule has 0 saturated heterocycles. The van der Waals surface area contributed by atoms with Gasteiger partial charge in [-0.2, -0.15) is 0 Å². The van der Waals surface area contributed by atoms with Crippen LogP contribution in [0.25, 0.3) is 0 Å². The Kier molecular flexibility index (Phi) is 3.49. The Labute approximate surface area is 102 Å². The van der Waals surface area contributed by atoms with Crippen molar-refractivity contribution in [2.24, 2.45) is 0 Å². The van der Waals surface area contributed by atoms with Gasteiger partial charge in [0.1, 0.15) is 0 Å². The summed E-state index contributed by atoms with van der Waals surface area (Å²) < 4.78 is 12.2. The lowest BCUT2D eigenvalue weighted by atomic mass is 10.2. The molecule has 5 heteroatoms. The van der Waals surface area contributed by atoms with Gasteiger partial charge in [-0.1, -0.05) is 6.07 Å². The number of nitrogens with zero attached hydrogens (tertiary/aromatic N) is 2. The van der Waals surface area contributed by atoms with Crippen molar-refractivity contribution in [2.45, 2.75) is 17.6 Å². The number of nitrogen functional groups attached to an aromatic ring is 1. The van der Waals surface area contributed by atoms with Gasteiger partial charge >= 0.3 is 0 Å². The van der Waals surface area contributed by atoms with Crippen LogP contribution in [0.5, 0.6) is 0 Å². The van der Waals surface area contributed by atoms with Gasteiger partial charge in [0.25, 0.3) is 0 Å². The molecule has 17 heavy (non-hydrogen) atoms. The first-order valence-electron chi connectivity index (χ1n) is 5.17. The third-order valence-electron chi connectivity index (χ3n) is 2.44. The maximum absolute atomic E-state index is 12.2. The van der Waals surface area contributed by atoms with Gasteiger partial charge in [0.15, 0.2) is 0 Å². The van der Waals surface area contributed by atoms with Crippen LogP contribution in [0.1, 0.15) is 11.3 Å². The Morgan fingerprint density at radius 2 is 2.18 bits per heavy atom. The average molecular weight is 247 g/mol. The van der Waals surface area contributed by atoms with Gasteiger partial charge in [-0.25, -0.2) is 0 Å². The second-order valence-electron chi connectivity index (χ2n) is 3.67. The number of rotatable bonds is 3. The van der Waals surface area contributed by atoms with E-state index >= 15 is 0 Å². The monoisotopic (exact) mass is 247 g/mol. The number of aryl methyl sites for hydroxylation is 1. The van der Waals surface area contributed by atoms with E-state index in [2.05, 4.69) is 9.97 Å². The van der Waals surface area contributed by atoms with E-state index in [9.17, 15) is 4.21 Å². The first kappa shape index (κ1) is 11.7. The van der Waals surface area contributed by atoms with Crippen LogP contribution in [0.4, 0.5) is 5.69 Å². The number of hydrogen-bond donors (Lipinski definition) is 1. The SMILES string of the molecule is Cc1cccnc1CS(=O)c1ccncc1N. The minimum Gasteiger partial charge on any atom is -0.396 e. The van der Waals surface area contributed by atoms with E-state index in [-0.39, 0.29) is 0 Å². The molecule has 0 aromatic carbocycles. The van der Waals surface area contributed by atoms with Gasteiger partial charge in [-0.15, -0.1) is 0 Å². The number of anilines is 1. The Balaban J connectivity index is 2.24. The van der Waals surface area contributed by atoms with E-state index in [1.165, 1.54) is 6.20 Å². The molecular formula is C12H13N3OS. The minimum atomic E-state index is -1.18. The molecule has 2 aromatic heterocycles. The van der Waals surface area contributed by atoms with Crippen molar-refractivity contribution in [1.29, 1.82) is 0 Å². The van der Waals surface area contributed by atoms with Crippen molar-refractivity contribution in [1.82, 2.24) is 9.97 Å². The largest absolute Gasteiger partial charge is 0.396 e. The lowest BCUT2D eigenvalue weighted by Gasteiger charge is -2.06. The van der Waals surface area contributed by atoms with Crippen molar-refractivity contribution in [2.75, 3.05) is 5.73 Å². The molecule has 1 atom stereocenters. The highest BCUT2D eigenvalue weighted by molar-refractivity contribution is 7.84. The molecule has 1 unspecified atom stereocenters. The van der Waals surface area contributed by atoms with Crippen LogP contribution < -0.4 is 5.73 Å². The summed E-state index contributed by atoms with van der Waals surface area (Å²) in [5.41, 5.74) is 8.07. The summed E-state index contributed by atoms with van der Waals surface area (Å²) >= 11 is 0. The highest BCUT2D eigenvalue weighted by atomic mass is 32.2. The van der Waals surface area contributed by atoms with Crippen LogP contribution in [0.3, 0.4) is 0 Å². The highest BCUT2D eigenvalue weighted by Gasteiger charge is 2.10. The molecule has 0 spiro atoms. The zero-order valence-corrected chi connectivity index (χ0v) is 10.3. The van der Waals surface area contributed by atoms with Gasteiger partial charge in [-0.05, 0) is 24.6 Å². The van der Waals surface area contributed by atoms with E-state index in [1.54, 1.807) is 18.5 Å². The van der Waals surface area contributed by atoms with Crippen LogP contribution >= 0.6 is 0 Å². The third kappa shape index (κ3) is 2.68. The number of hydrogen-bond acceptors (Lipinski definition) is 4.